The van der Waals surface area contributed by atoms with E-state index in [2.05, 4.69) is 15.3 Å². The number of benzene rings is 2. The minimum Gasteiger partial charge on any atom is -0.366 e. The SMILES string of the molecule is Cc1cc(=O)[nH]c(-c2ccc(Nc3cccc(C(N)=O)c3)cc2)n1. The summed E-state index contributed by atoms with van der Waals surface area (Å²) in [5.74, 6) is 0.0609. The molecule has 4 N–H and O–H groups in total. The summed E-state index contributed by atoms with van der Waals surface area (Å²) in [7, 11) is 0. The van der Waals surface area contributed by atoms with Gasteiger partial charge in [0.15, 0.2) is 0 Å². The maximum absolute atomic E-state index is 11.5. The normalized spacial score (nSPS) is 10.4. The van der Waals surface area contributed by atoms with Gasteiger partial charge in [-0.2, -0.15) is 0 Å². The molecule has 0 fully saturated rings. The highest BCUT2D eigenvalue weighted by atomic mass is 16.1. The van der Waals surface area contributed by atoms with Crippen LogP contribution < -0.4 is 16.6 Å². The lowest BCUT2D eigenvalue weighted by Crippen LogP contribution is -2.10. The highest BCUT2D eigenvalue weighted by Gasteiger charge is 2.04. The van der Waals surface area contributed by atoms with E-state index in [1.165, 1.54) is 6.07 Å². The topological polar surface area (TPSA) is 101 Å². The van der Waals surface area contributed by atoms with Gasteiger partial charge in [-0.15, -0.1) is 0 Å². The van der Waals surface area contributed by atoms with E-state index in [1.54, 1.807) is 25.1 Å². The molecule has 3 aromatic rings. The molecule has 2 aromatic carbocycles. The van der Waals surface area contributed by atoms with Crippen LogP contribution in [0.2, 0.25) is 0 Å². The van der Waals surface area contributed by atoms with Crippen molar-refractivity contribution in [3.05, 3.63) is 76.2 Å². The highest BCUT2D eigenvalue weighted by Crippen LogP contribution is 2.21. The first-order chi connectivity index (χ1) is 11.5. The van der Waals surface area contributed by atoms with Crippen LogP contribution in [-0.2, 0) is 0 Å². The van der Waals surface area contributed by atoms with E-state index in [4.69, 9.17) is 5.73 Å². The fourth-order valence-corrected chi connectivity index (χ4v) is 2.34. The Morgan fingerprint density at radius 1 is 1.08 bits per heavy atom. The molecule has 6 heteroatoms. The first kappa shape index (κ1) is 15.5. The van der Waals surface area contributed by atoms with Crippen molar-refractivity contribution in [2.45, 2.75) is 6.92 Å². The van der Waals surface area contributed by atoms with Gasteiger partial charge in [-0.05, 0) is 49.4 Å². The van der Waals surface area contributed by atoms with Crippen molar-refractivity contribution < 1.29 is 4.79 Å². The van der Waals surface area contributed by atoms with Gasteiger partial charge in [0, 0.05) is 34.3 Å². The first-order valence-corrected chi connectivity index (χ1v) is 7.36. The molecule has 6 nitrogen and oxygen atoms in total. The third-order valence-electron chi connectivity index (χ3n) is 3.46. The zero-order valence-corrected chi connectivity index (χ0v) is 13.0. The largest absolute Gasteiger partial charge is 0.366 e. The van der Waals surface area contributed by atoms with Crippen molar-refractivity contribution in [2.75, 3.05) is 5.32 Å². The molecule has 0 aliphatic heterocycles. The smallest absolute Gasteiger partial charge is 0.251 e. The number of hydrogen-bond acceptors (Lipinski definition) is 4. The Hall–Kier alpha value is -3.41. The molecule has 1 aromatic heterocycles. The second-order valence-corrected chi connectivity index (χ2v) is 5.38. The lowest BCUT2D eigenvalue weighted by atomic mass is 10.1. The van der Waals surface area contributed by atoms with Crippen molar-refractivity contribution in [1.82, 2.24) is 9.97 Å². The number of amides is 1. The molecule has 0 aliphatic carbocycles. The van der Waals surface area contributed by atoms with E-state index in [0.29, 0.717) is 17.1 Å². The molecule has 1 amide bonds. The van der Waals surface area contributed by atoms with Crippen LogP contribution in [0.15, 0.2) is 59.4 Å². The Bertz CT molecular complexity index is 946. The summed E-state index contributed by atoms with van der Waals surface area (Å²) in [4.78, 5) is 29.8. The summed E-state index contributed by atoms with van der Waals surface area (Å²) in [6, 6.07) is 15.9. The number of aromatic nitrogens is 2. The number of primary amides is 1. The molecule has 0 saturated heterocycles. The predicted octanol–water partition coefficient (Wildman–Crippen LogP) is 2.59. The standard InChI is InChI=1S/C18H16N4O2/c1-11-9-16(23)22-18(20-11)12-5-7-14(8-6-12)21-15-4-2-3-13(10-15)17(19)24/h2-10,21H,1H3,(H2,19,24)(H,20,22,23). The van der Waals surface area contributed by atoms with E-state index in [1.807, 2.05) is 30.3 Å². The second-order valence-electron chi connectivity index (χ2n) is 5.38. The number of rotatable bonds is 4. The van der Waals surface area contributed by atoms with Gasteiger partial charge in [0.05, 0.1) is 0 Å². The molecular formula is C18H16N4O2. The third kappa shape index (κ3) is 3.49. The molecule has 1 heterocycles. The van der Waals surface area contributed by atoms with Crippen LogP contribution in [0.3, 0.4) is 0 Å². The average Bonchev–Trinajstić information content (AvgIpc) is 2.55. The minimum atomic E-state index is -0.469. The van der Waals surface area contributed by atoms with Gasteiger partial charge in [-0.3, -0.25) is 9.59 Å². The van der Waals surface area contributed by atoms with Crippen LogP contribution in [0.25, 0.3) is 11.4 Å². The van der Waals surface area contributed by atoms with E-state index in [9.17, 15) is 9.59 Å². The van der Waals surface area contributed by atoms with Crippen molar-refractivity contribution in [3.8, 4) is 11.4 Å². The van der Waals surface area contributed by atoms with Gasteiger partial charge in [-0.1, -0.05) is 6.07 Å². The van der Waals surface area contributed by atoms with Crippen molar-refractivity contribution in [3.63, 3.8) is 0 Å². The number of nitrogens with one attached hydrogen (secondary N) is 2. The zero-order chi connectivity index (χ0) is 17.1. The fourth-order valence-electron chi connectivity index (χ4n) is 2.34. The van der Waals surface area contributed by atoms with Crippen LogP contribution in [0.4, 0.5) is 11.4 Å². The number of aromatic amines is 1. The molecule has 24 heavy (non-hydrogen) atoms. The van der Waals surface area contributed by atoms with Crippen LogP contribution in [0.5, 0.6) is 0 Å². The maximum Gasteiger partial charge on any atom is 0.251 e. The molecule has 0 saturated carbocycles. The third-order valence-corrected chi connectivity index (χ3v) is 3.46. The lowest BCUT2D eigenvalue weighted by Gasteiger charge is -2.08. The molecular weight excluding hydrogens is 304 g/mol. The molecule has 3 rings (SSSR count). The van der Waals surface area contributed by atoms with Crippen molar-refractivity contribution in [1.29, 1.82) is 0 Å². The molecule has 0 unspecified atom stereocenters. The number of aryl methyl sites for hydroxylation is 1. The Morgan fingerprint density at radius 2 is 1.83 bits per heavy atom. The summed E-state index contributed by atoms with van der Waals surface area (Å²) >= 11 is 0. The van der Waals surface area contributed by atoms with E-state index >= 15 is 0 Å². The number of H-pyrrole nitrogens is 1. The van der Waals surface area contributed by atoms with Gasteiger partial charge in [-0.25, -0.2) is 4.98 Å². The highest BCUT2D eigenvalue weighted by molar-refractivity contribution is 5.93. The lowest BCUT2D eigenvalue weighted by molar-refractivity contribution is 0.100. The van der Waals surface area contributed by atoms with Gasteiger partial charge in [0.2, 0.25) is 5.91 Å². The predicted molar refractivity (Wildman–Crippen MR) is 93.3 cm³/mol. The van der Waals surface area contributed by atoms with Crippen molar-refractivity contribution >= 4 is 17.3 Å². The number of nitrogens with zero attached hydrogens (tertiary/aromatic N) is 1. The summed E-state index contributed by atoms with van der Waals surface area (Å²) in [5.41, 5.74) is 8.63. The number of hydrogen-bond donors (Lipinski definition) is 3. The Kier molecular flexibility index (Phi) is 4.11. The number of carbonyl (C=O) groups is 1. The Morgan fingerprint density at radius 3 is 2.50 bits per heavy atom. The second kappa shape index (κ2) is 6.37. The number of carbonyl (C=O) groups excluding carboxylic acids is 1. The first-order valence-electron chi connectivity index (χ1n) is 7.36. The van der Waals surface area contributed by atoms with Gasteiger partial charge >= 0.3 is 0 Å². The molecule has 120 valence electrons. The van der Waals surface area contributed by atoms with E-state index in [0.717, 1.165) is 16.9 Å². The Labute approximate surface area is 138 Å². The minimum absolute atomic E-state index is 0.178. The summed E-state index contributed by atoms with van der Waals surface area (Å²) < 4.78 is 0. The number of anilines is 2. The summed E-state index contributed by atoms with van der Waals surface area (Å²) in [6.45, 7) is 1.78. The van der Waals surface area contributed by atoms with E-state index in [-0.39, 0.29) is 5.56 Å². The van der Waals surface area contributed by atoms with Crippen LogP contribution >= 0.6 is 0 Å². The Balaban J connectivity index is 1.83. The number of nitrogens with two attached hydrogens (primary N) is 1. The quantitative estimate of drug-likeness (QED) is 0.687. The maximum atomic E-state index is 11.5. The van der Waals surface area contributed by atoms with Crippen molar-refractivity contribution in [2.24, 2.45) is 5.73 Å². The molecule has 0 bridgehead atoms. The molecule has 0 aliphatic rings. The van der Waals surface area contributed by atoms with Crippen LogP contribution in [0.1, 0.15) is 16.1 Å². The zero-order valence-electron chi connectivity index (χ0n) is 13.0. The van der Waals surface area contributed by atoms with Crippen LogP contribution in [-0.4, -0.2) is 15.9 Å². The van der Waals surface area contributed by atoms with Gasteiger partial charge in [0.25, 0.3) is 5.56 Å². The van der Waals surface area contributed by atoms with Gasteiger partial charge in [0.1, 0.15) is 5.82 Å². The monoisotopic (exact) mass is 320 g/mol. The molecule has 0 radical (unpaired) electrons. The summed E-state index contributed by atoms with van der Waals surface area (Å²) in [5, 5.41) is 3.20. The average molecular weight is 320 g/mol. The molecule has 0 spiro atoms. The van der Waals surface area contributed by atoms with Gasteiger partial charge < -0.3 is 16.0 Å². The van der Waals surface area contributed by atoms with E-state index < -0.39 is 5.91 Å². The molecule has 0 atom stereocenters. The summed E-state index contributed by atoms with van der Waals surface area (Å²) in [6.07, 6.45) is 0. The fraction of sp³-hybridized carbons (Fsp3) is 0.0556. The van der Waals surface area contributed by atoms with Crippen LogP contribution in [0, 0.1) is 6.92 Å².